The molecule has 18 heavy (non-hydrogen) atoms. The SMILES string of the molecule is COCCCNC(=O)Cn1cc(Br)c([N+](=O)[O-])n1. The average Bonchev–Trinajstić information content (AvgIpc) is 2.66. The van der Waals surface area contributed by atoms with Crippen LogP contribution in [0, 0.1) is 10.1 Å². The number of hydrogen-bond acceptors (Lipinski definition) is 5. The number of nitrogens with zero attached hydrogens (tertiary/aromatic N) is 3. The molecule has 1 heterocycles. The molecule has 9 heteroatoms. The Balaban J connectivity index is 2.44. The van der Waals surface area contributed by atoms with Gasteiger partial charge in [-0.15, -0.1) is 0 Å². The van der Waals surface area contributed by atoms with Gasteiger partial charge in [0, 0.05) is 20.3 Å². The first-order valence-electron chi connectivity index (χ1n) is 5.17. The molecule has 1 aromatic heterocycles. The zero-order valence-corrected chi connectivity index (χ0v) is 11.3. The first-order valence-corrected chi connectivity index (χ1v) is 5.97. The predicted octanol–water partition coefficient (Wildman–Crippen LogP) is 0.706. The minimum absolute atomic E-state index is 0.0561. The first-order chi connectivity index (χ1) is 8.54. The molecule has 1 N–H and O–H groups in total. The van der Waals surface area contributed by atoms with E-state index in [9.17, 15) is 14.9 Å². The van der Waals surface area contributed by atoms with Gasteiger partial charge >= 0.3 is 5.82 Å². The van der Waals surface area contributed by atoms with Gasteiger partial charge in [-0.05, 0) is 27.3 Å². The maximum atomic E-state index is 11.5. The molecule has 8 nitrogen and oxygen atoms in total. The molecule has 100 valence electrons. The van der Waals surface area contributed by atoms with Crippen molar-refractivity contribution < 1.29 is 14.5 Å². The van der Waals surface area contributed by atoms with Crippen LogP contribution in [0.15, 0.2) is 10.7 Å². The van der Waals surface area contributed by atoms with Crippen LogP contribution in [0.25, 0.3) is 0 Å². The maximum Gasteiger partial charge on any atom is 0.404 e. The van der Waals surface area contributed by atoms with Crippen LogP contribution < -0.4 is 5.32 Å². The molecule has 0 unspecified atom stereocenters. The molecule has 0 saturated carbocycles. The van der Waals surface area contributed by atoms with Gasteiger partial charge in [0.15, 0.2) is 0 Å². The molecule has 0 aliphatic rings. The topological polar surface area (TPSA) is 99.3 Å². The maximum absolute atomic E-state index is 11.5. The summed E-state index contributed by atoms with van der Waals surface area (Å²) in [6.45, 7) is 1.01. The quantitative estimate of drug-likeness (QED) is 0.453. The highest BCUT2D eigenvalue weighted by atomic mass is 79.9. The summed E-state index contributed by atoms with van der Waals surface area (Å²) in [6, 6.07) is 0. The Kier molecular flexibility index (Phi) is 5.72. The number of nitro groups is 1. The number of nitrogens with one attached hydrogen (secondary N) is 1. The predicted molar refractivity (Wildman–Crippen MR) is 66.1 cm³/mol. The van der Waals surface area contributed by atoms with E-state index in [4.69, 9.17) is 4.74 Å². The molecule has 1 aromatic rings. The van der Waals surface area contributed by atoms with Gasteiger partial charge < -0.3 is 20.2 Å². The summed E-state index contributed by atoms with van der Waals surface area (Å²) in [5.41, 5.74) is 0. The molecule has 0 fully saturated rings. The molecule has 0 saturated heterocycles. The standard InChI is InChI=1S/C9H13BrN4O4/c1-18-4-2-3-11-8(15)6-13-5-7(10)9(12-13)14(16)17/h5H,2-4,6H2,1H3,(H,11,15). The lowest BCUT2D eigenvalue weighted by atomic mass is 10.4. The fourth-order valence-corrected chi connectivity index (χ4v) is 1.70. The van der Waals surface area contributed by atoms with E-state index in [0.717, 1.165) is 0 Å². The number of methoxy groups -OCH3 is 1. The monoisotopic (exact) mass is 320 g/mol. The molecule has 0 aliphatic heterocycles. The van der Waals surface area contributed by atoms with Crippen LogP contribution in [-0.4, -0.2) is 40.9 Å². The summed E-state index contributed by atoms with van der Waals surface area (Å²) in [6.07, 6.45) is 2.11. The van der Waals surface area contributed by atoms with E-state index in [0.29, 0.717) is 19.6 Å². The lowest BCUT2D eigenvalue weighted by Gasteiger charge is -2.02. The Morgan fingerprint density at radius 2 is 2.44 bits per heavy atom. The van der Waals surface area contributed by atoms with Crippen molar-refractivity contribution in [2.45, 2.75) is 13.0 Å². The van der Waals surface area contributed by atoms with Crippen molar-refractivity contribution in [2.24, 2.45) is 0 Å². The van der Waals surface area contributed by atoms with E-state index in [1.165, 1.54) is 10.9 Å². The third-order valence-corrected chi connectivity index (χ3v) is 2.58. The third-order valence-electron chi connectivity index (χ3n) is 2.03. The van der Waals surface area contributed by atoms with Crippen LogP contribution in [-0.2, 0) is 16.1 Å². The summed E-state index contributed by atoms with van der Waals surface area (Å²) in [4.78, 5) is 21.4. The van der Waals surface area contributed by atoms with Crippen LogP contribution in [0.1, 0.15) is 6.42 Å². The van der Waals surface area contributed by atoms with Crippen molar-refractivity contribution in [1.82, 2.24) is 15.1 Å². The summed E-state index contributed by atoms with van der Waals surface area (Å²) in [5, 5.41) is 16.9. The van der Waals surface area contributed by atoms with Crippen molar-refractivity contribution in [3.63, 3.8) is 0 Å². The van der Waals surface area contributed by atoms with Crippen molar-refractivity contribution in [1.29, 1.82) is 0 Å². The van der Waals surface area contributed by atoms with Crippen LogP contribution in [0.4, 0.5) is 5.82 Å². The van der Waals surface area contributed by atoms with E-state index in [-0.39, 0.29) is 22.7 Å². The first kappa shape index (κ1) is 14.6. The summed E-state index contributed by atoms with van der Waals surface area (Å²) in [7, 11) is 1.59. The van der Waals surface area contributed by atoms with Gasteiger partial charge in [0.2, 0.25) is 5.91 Å². The van der Waals surface area contributed by atoms with Crippen LogP contribution in [0.5, 0.6) is 0 Å². The minimum Gasteiger partial charge on any atom is -0.385 e. The lowest BCUT2D eigenvalue weighted by Crippen LogP contribution is -2.29. The highest BCUT2D eigenvalue weighted by molar-refractivity contribution is 9.10. The largest absolute Gasteiger partial charge is 0.404 e. The molecule has 0 bridgehead atoms. The van der Waals surface area contributed by atoms with Crippen molar-refractivity contribution in [2.75, 3.05) is 20.3 Å². The van der Waals surface area contributed by atoms with Gasteiger partial charge in [0.25, 0.3) is 0 Å². The smallest absolute Gasteiger partial charge is 0.385 e. The van der Waals surface area contributed by atoms with Crippen LogP contribution in [0.2, 0.25) is 0 Å². The van der Waals surface area contributed by atoms with Gasteiger partial charge in [0.05, 0.1) is 11.3 Å². The van der Waals surface area contributed by atoms with E-state index in [2.05, 4.69) is 26.3 Å². The fraction of sp³-hybridized carbons (Fsp3) is 0.556. The van der Waals surface area contributed by atoms with Crippen LogP contribution in [0.3, 0.4) is 0 Å². The number of ether oxygens (including phenoxy) is 1. The highest BCUT2D eigenvalue weighted by Crippen LogP contribution is 2.21. The van der Waals surface area contributed by atoms with Crippen molar-refractivity contribution in [3.05, 3.63) is 20.8 Å². The molecule has 1 amide bonds. The van der Waals surface area contributed by atoms with Gasteiger partial charge in [-0.2, -0.15) is 4.68 Å². The number of halogens is 1. The Labute approximate surface area is 112 Å². The summed E-state index contributed by atoms with van der Waals surface area (Å²) in [5.74, 6) is -0.557. The zero-order valence-electron chi connectivity index (χ0n) is 9.76. The molecule has 0 aromatic carbocycles. The average molecular weight is 321 g/mol. The van der Waals surface area contributed by atoms with Gasteiger partial charge in [-0.1, -0.05) is 0 Å². The normalized spacial score (nSPS) is 10.3. The lowest BCUT2D eigenvalue weighted by molar-refractivity contribution is -0.390. The Morgan fingerprint density at radius 3 is 3.00 bits per heavy atom. The van der Waals surface area contributed by atoms with Crippen molar-refractivity contribution >= 4 is 27.7 Å². The molecule has 1 rings (SSSR count). The molecule has 0 aliphatic carbocycles. The van der Waals surface area contributed by atoms with Gasteiger partial charge in [-0.25, -0.2) is 0 Å². The summed E-state index contributed by atoms with van der Waals surface area (Å²) >= 11 is 3.01. The number of hydrogen-bond donors (Lipinski definition) is 1. The second kappa shape index (κ2) is 7.07. The Bertz CT molecular complexity index is 434. The molecule has 0 radical (unpaired) electrons. The zero-order chi connectivity index (χ0) is 13.5. The van der Waals surface area contributed by atoms with E-state index in [1.807, 2.05) is 0 Å². The second-order valence-corrected chi connectivity index (χ2v) is 4.31. The van der Waals surface area contributed by atoms with Gasteiger partial charge in [0.1, 0.15) is 11.0 Å². The second-order valence-electron chi connectivity index (χ2n) is 3.45. The van der Waals surface area contributed by atoms with Crippen LogP contribution >= 0.6 is 15.9 Å². The number of carbonyl (C=O) groups excluding carboxylic acids is 1. The third kappa shape index (κ3) is 4.41. The highest BCUT2D eigenvalue weighted by Gasteiger charge is 2.19. The Morgan fingerprint density at radius 1 is 1.72 bits per heavy atom. The minimum atomic E-state index is -0.614. The summed E-state index contributed by atoms with van der Waals surface area (Å²) < 4.78 is 6.30. The van der Waals surface area contributed by atoms with E-state index in [1.54, 1.807) is 7.11 Å². The van der Waals surface area contributed by atoms with Gasteiger partial charge in [-0.3, -0.25) is 4.79 Å². The number of carbonyl (C=O) groups is 1. The van der Waals surface area contributed by atoms with E-state index >= 15 is 0 Å². The molecule has 0 atom stereocenters. The van der Waals surface area contributed by atoms with E-state index < -0.39 is 4.92 Å². The Hall–Kier alpha value is -1.48. The van der Waals surface area contributed by atoms with Crippen molar-refractivity contribution in [3.8, 4) is 0 Å². The fourth-order valence-electron chi connectivity index (χ4n) is 1.24. The number of rotatable bonds is 7. The molecular weight excluding hydrogens is 308 g/mol. The molecule has 0 spiro atoms. The number of amides is 1. The molecular formula is C9H13BrN4O4. The number of aromatic nitrogens is 2.